The zero-order valence-corrected chi connectivity index (χ0v) is 9.99. The van der Waals surface area contributed by atoms with Crippen molar-refractivity contribution in [1.29, 1.82) is 0 Å². The second-order valence-corrected chi connectivity index (χ2v) is 4.54. The minimum atomic E-state index is 0.283. The standard InChI is InChI=1S/C13H17NO3/c1-15-11-5-9(7-14-10-3-2-4-10)6-12-13(11)17-8-16-12/h5-6,10,14H,2-4,7-8H2,1H3. The van der Waals surface area contributed by atoms with E-state index >= 15 is 0 Å². The van der Waals surface area contributed by atoms with Crippen LogP contribution in [0.2, 0.25) is 0 Å². The lowest BCUT2D eigenvalue weighted by Gasteiger charge is -2.26. The second-order valence-electron chi connectivity index (χ2n) is 4.54. The average Bonchev–Trinajstić information content (AvgIpc) is 2.73. The number of ether oxygens (including phenoxy) is 3. The second kappa shape index (κ2) is 4.45. The quantitative estimate of drug-likeness (QED) is 0.867. The van der Waals surface area contributed by atoms with Crippen LogP contribution in [0.5, 0.6) is 17.2 Å². The Morgan fingerprint density at radius 1 is 1.35 bits per heavy atom. The van der Waals surface area contributed by atoms with Gasteiger partial charge < -0.3 is 19.5 Å². The number of methoxy groups -OCH3 is 1. The molecule has 1 aliphatic carbocycles. The minimum Gasteiger partial charge on any atom is -0.493 e. The molecule has 1 heterocycles. The lowest BCUT2D eigenvalue weighted by atomic mass is 9.93. The summed E-state index contributed by atoms with van der Waals surface area (Å²) in [5, 5.41) is 3.53. The Morgan fingerprint density at radius 3 is 2.94 bits per heavy atom. The molecule has 1 aromatic carbocycles. The Labute approximate surface area is 101 Å². The van der Waals surface area contributed by atoms with Gasteiger partial charge in [0, 0.05) is 12.6 Å². The summed E-state index contributed by atoms with van der Waals surface area (Å²) in [6.07, 6.45) is 3.94. The maximum atomic E-state index is 5.40. The van der Waals surface area contributed by atoms with Gasteiger partial charge in [-0.2, -0.15) is 0 Å². The molecule has 0 unspecified atom stereocenters. The van der Waals surface area contributed by atoms with Gasteiger partial charge in [0.15, 0.2) is 11.5 Å². The van der Waals surface area contributed by atoms with Crippen LogP contribution < -0.4 is 19.5 Å². The number of rotatable bonds is 4. The number of nitrogens with one attached hydrogen (secondary N) is 1. The topological polar surface area (TPSA) is 39.7 Å². The van der Waals surface area contributed by atoms with Gasteiger partial charge in [-0.05, 0) is 30.5 Å². The Kier molecular flexibility index (Phi) is 2.81. The monoisotopic (exact) mass is 235 g/mol. The SMILES string of the molecule is COc1cc(CNC2CCC2)cc2c1OCO2. The highest BCUT2D eigenvalue weighted by atomic mass is 16.7. The lowest BCUT2D eigenvalue weighted by Crippen LogP contribution is -2.34. The highest BCUT2D eigenvalue weighted by molar-refractivity contribution is 5.55. The predicted octanol–water partition coefficient (Wildman–Crippen LogP) is 2.07. The summed E-state index contributed by atoms with van der Waals surface area (Å²) < 4.78 is 16.1. The van der Waals surface area contributed by atoms with E-state index in [2.05, 4.69) is 5.32 Å². The van der Waals surface area contributed by atoms with Gasteiger partial charge in [0.2, 0.25) is 12.5 Å². The molecular formula is C13H17NO3. The van der Waals surface area contributed by atoms with E-state index in [1.807, 2.05) is 12.1 Å². The van der Waals surface area contributed by atoms with Crippen molar-refractivity contribution in [2.45, 2.75) is 31.8 Å². The molecule has 0 saturated heterocycles. The molecule has 4 heteroatoms. The Morgan fingerprint density at radius 2 is 2.24 bits per heavy atom. The lowest BCUT2D eigenvalue weighted by molar-refractivity contribution is 0.171. The molecule has 1 fully saturated rings. The number of hydrogen-bond acceptors (Lipinski definition) is 4. The summed E-state index contributed by atoms with van der Waals surface area (Å²) in [6, 6.07) is 4.72. The Hall–Kier alpha value is -1.42. The molecule has 0 atom stereocenters. The van der Waals surface area contributed by atoms with Gasteiger partial charge in [-0.25, -0.2) is 0 Å². The van der Waals surface area contributed by atoms with Crippen LogP contribution in [0.1, 0.15) is 24.8 Å². The largest absolute Gasteiger partial charge is 0.493 e. The first kappa shape index (κ1) is 10.7. The van der Waals surface area contributed by atoms with E-state index in [4.69, 9.17) is 14.2 Å². The highest BCUT2D eigenvalue weighted by Gasteiger charge is 2.21. The molecule has 92 valence electrons. The molecule has 0 amide bonds. The third-order valence-corrected chi connectivity index (χ3v) is 3.42. The number of benzene rings is 1. The molecule has 1 N–H and O–H groups in total. The zero-order chi connectivity index (χ0) is 11.7. The average molecular weight is 235 g/mol. The molecule has 0 radical (unpaired) electrons. The van der Waals surface area contributed by atoms with Crippen LogP contribution in [0, 0.1) is 0 Å². The summed E-state index contributed by atoms with van der Waals surface area (Å²) in [5.41, 5.74) is 1.18. The molecule has 0 aromatic heterocycles. The van der Waals surface area contributed by atoms with Gasteiger partial charge >= 0.3 is 0 Å². The third kappa shape index (κ3) is 2.05. The zero-order valence-electron chi connectivity index (χ0n) is 9.99. The van der Waals surface area contributed by atoms with Gasteiger partial charge in [-0.15, -0.1) is 0 Å². The molecule has 3 rings (SSSR count). The van der Waals surface area contributed by atoms with Crippen molar-refractivity contribution >= 4 is 0 Å². The van der Waals surface area contributed by atoms with Crippen molar-refractivity contribution in [1.82, 2.24) is 5.32 Å². The van der Waals surface area contributed by atoms with E-state index in [0.29, 0.717) is 6.04 Å². The Bertz CT molecular complexity index is 415. The van der Waals surface area contributed by atoms with Gasteiger partial charge in [-0.1, -0.05) is 6.42 Å². The summed E-state index contributed by atoms with van der Waals surface area (Å²) >= 11 is 0. The van der Waals surface area contributed by atoms with E-state index in [-0.39, 0.29) is 6.79 Å². The molecule has 4 nitrogen and oxygen atoms in total. The fourth-order valence-electron chi connectivity index (χ4n) is 2.16. The van der Waals surface area contributed by atoms with Gasteiger partial charge in [0.05, 0.1) is 7.11 Å². The van der Waals surface area contributed by atoms with Crippen molar-refractivity contribution < 1.29 is 14.2 Å². The summed E-state index contributed by atoms with van der Waals surface area (Å²) in [4.78, 5) is 0. The van der Waals surface area contributed by atoms with Crippen LogP contribution in [0.3, 0.4) is 0 Å². The molecule has 1 aliphatic heterocycles. The molecule has 0 bridgehead atoms. The minimum absolute atomic E-state index is 0.283. The van der Waals surface area contributed by atoms with Crippen molar-refractivity contribution in [3.63, 3.8) is 0 Å². The van der Waals surface area contributed by atoms with Crippen molar-refractivity contribution in [3.05, 3.63) is 17.7 Å². The van der Waals surface area contributed by atoms with Crippen LogP contribution >= 0.6 is 0 Å². The van der Waals surface area contributed by atoms with Gasteiger partial charge in [0.25, 0.3) is 0 Å². The van der Waals surface area contributed by atoms with E-state index < -0.39 is 0 Å². The molecule has 0 spiro atoms. The number of fused-ring (bicyclic) bond motifs is 1. The first-order chi connectivity index (χ1) is 8.36. The summed E-state index contributed by atoms with van der Waals surface area (Å²) in [7, 11) is 1.65. The molecule has 1 saturated carbocycles. The molecular weight excluding hydrogens is 218 g/mol. The first-order valence-electron chi connectivity index (χ1n) is 6.06. The van der Waals surface area contributed by atoms with Crippen molar-refractivity contribution in [2.24, 2.45) is 0 Å². The normalized spacial score (nSPS) is 17.9. The van der Waals surface area contributed by atoms with E-state index in [1.165, 1.54) is 24.8 Å². The smallest absolute Gasteiger partial charge is 0.231 e. The van der Waals surface area contributed by atoms with Gasteiger partial charge in [-0.3, -0.25) is 0 Å². The van der Waals surface area contributed by atoms with Crippen molar-refractivity contribution in [3.8, 4) is 17.2 Å². The molecule has 2 aliphatic rings. The van der Waals surface area contributed by atoms with E-state index in [0.717, 1.165) is 23.8 Å². The summed E-state index contributed by atoms with van der Waals surface area (Å²) in [5.74, 6) is 2.26. The van der Waals surface area contributed by atoms with Crippen LogP contribution in [0.15, 0.2) is 12.1 Å². The van der Waals surface area contributed by atoms with Gasteiger partial charge in [0.1, 0.15) is 0 Å². The summed E-state index contributed by atoms with van der Waals surface area (Å²) in [6.45, 7) is 1.14. The maximum absolute atomic E-state index is 5.40. The van der Waals surface area contributed by atoms with Crippen LogP contribution in [0.4, 0.5) is 0 Å². The highest BCUT2D eigenvalue weighted by Crippen LogP contribution is 2.41. The Balaban J connectivity index is 1.75. The van der Waals surface area contributed by atoms with Crippen LogP contribution in [-0.4, -0.2) is 19.9 Å². The van der Waals surface area contributed by atoms with Crippen LogP contribution in [0.25, 0.3) is 0 Å². The van der Waals surface area contributed by atoms with Crippen LogP contribution in [-0.2, 0) is 6.54 Å². The van der Waals surface area contributed by atoms with E-state index in [9.17, 15) is 0 Å². The fraction of sp³-hybridized carbons (Fsp3) is 0.538. The molecule has 1 aromatic rings. The first-order valence-corrected chi connectivity index (χ1v) is 6.06. The van der Waals surface area contributed by atoms with Crippen molar-refractivity contribution in [2.75, 3.05) is 13.9 Å². The number of hydrogen-bond donors (Lipinski definition) is 1. The molecule has 17 heavy (non-hydrogen) atoms. The predicted molar refractivity (Wildman–Crippen MR) is 63.6 cm³/mol. The fourth-order valence-corrected chi connectivity index (χ4v) is 2.16. The third-order valence-electron chi connectivity index (χ3n) is 3.42. The van der Waals surface area contributed by atoms with E-state index in [1.54, 1.807) is 7.11 Å². The maximum Gasteiger partial charge on any atom is 0.231 e.